The zero-order valence-electron chi connectivity index (χ0n) is 10.1. The second kappa shape index (κ2) is 6.45. The van der Waals surface area contributed by atoms with Crippen LogP contribution in [0.3, 0.4) is 0 Å². The van der Waals surface area contributed by atoms with E-state index >= 15 is 0 Å². The molecule has 5 heteroatoms. The lowest BCUT2D eigenvalue weighted by Gasteiger charge is -2.14. The van der Waals surface area contributed by atoms with Gasteiger partial charge in [0.1, 0.15) is 16.2 Å². The third-order valence-corrected chi connectivity index (χ3v) is 3.28. The maximum atomic E-state index is 4.49. The number of aromatic nitrogens is 2. The monoisotopic (exact) mass is 303 g/mol. The van der Waals surface area contributed by atoms with Crippen LogP contribution in [-0.2, 0) is 0 Å². The Kier molecular flexibility index (Phi) is 5.55. The Hall–Kier alpha value is -0.290. The van der Waals surface area contributed by atoms with Gasteiger partial charge in [-0.05, 0) is 29.1 Å². The molecule has 1 unspecified atom stereocenters. The van der Waals surface area contributed by atoms with Crippen LogP contribution < -0.4 is 5.32 Å². The molecule has 16 heavy (non-hydrogen) atoms. The van der Waals surface area contributed by atoms with Crippen molar-refractivity contribution in [1.29, 1.82) is 0 Å². The summed E-state index contributed by atoms with van der Waals surface area (Å²) in [6.45, 7) is 6.34. The number of rotatable bonds is 5. The number of thioether (sulfide) groups is 1. The lowest BCUT2D eigenvalue weighted by atomic mass is 10.2. The first-order valence-corrected chi connectivity index (χ1v) is 7.51. The van der Waals surface area contributed by atoms with E-state index < -0.39 is 0 Å². The molecule has 0 aliphatic heterocycles. The van der Waals surface area contributed by atoms with E-state index in [1.165, 1.54) is 0 Å². The third-order valence-electron chi connectivity index (χ3n) is 2.04. The van der Waals surface area contributed by atoms with Crippen molar-refractivity contribution >= 4 is 33.5 Å². The van der Waals surface area contributed by atoms with Gasteiger partial charge in [0.05, 0.1) is 0 Å². The van der Waals surface area contributed by atoms with Crippen LogP contribution in [0, 0.1) is 0 Å². The van der Waals surface area contributed by atoms with Gasteiger partial charge in [-0.15, -0.1) is 0 Å². The average Bonchev–Trinajstić information content (AvgIpc) is 2.16. The van der Waals surface area contributed by atoms with Crippen molar-refractivity contribution in [3.05, 3.63) is 16.5 Å². The Morgan fingerprint density at radius 2 is 2.06 bits per heavy atom. The second-order valence-electron chi connectivity index (χ2n) is 4.09. The van der Waals surface area contributed by atoms with Crippen LogP contribution in [0.15, 0.2) is 10.7 Å². The lowest BCUT2D eigenvalue weighted by molar-refractivity contribution is 0.765. The van der Waals surface area contributed by atoms with E-state index in [4.69, 9.17) is 0 Å². The van der Waals surface area contributed by atoms with Gasteiger partial charge in [-0.25, -0.2) is 9.97 Å². The largest absolute Gasteiger partial charge is 0.367 e. The highest BCUT2D eigenvalue weighted by atomic mass is 79.9. The fourth-order valence-corrected chi connectivity index (χ4v) is 2.29. The minimum Gasteiger partial charge on any atom is -0.367 e. The van der Waals surface area contributed by atoms with Crippen LogP contribution in [0.25, 0.3) is 0 Å². The molecule has 0 saturated carbocycles. The number of anilines is 1. The van der Waals surface area contributed by atoms with Crippen molar-refractivity contribution in [3.8, 4) is 0 Å². The normalized spacial score (nSPS) is 12.9. The SMILES string of the molecule is CSCC(C)Nc1cc(Br)nc(C(C)C)n1. The summed E-state index contributed by atoms with van der Waals surface area (Å²) in [6, 6.07) is 2.33. The van der Waals surface area contributed by atoms with Gasteiger partial charge in [0.25, 0.3) is 0 Å². The highest BCUT2D eigenvalue weighted by Crippen LogP contribution is 2.18. The molecule has 0 aliphatic carbocycles. The molecule has 90 valence electrons. The van der Waals surface area contributed by atoms with Gasteiger partial charge in [-0.3, -0.25) is 0 Å². The van der Waals surface area contributed by atoms with Crippen molar-refractivity contribution in [2.75, 3.05) is 17.3 Å². The minimum absolute atomic E-state index is 0.342. The number of nitrogens with one attached hydrogen (secondary N) is 1. The Balaban J connectivity index is 2.80. The van der Waals surface area contributed by atoms with Gasteiger partial charge < -0.3 is 5.32 Å². The number of halogens is 1. The highest BCUT2D eigenvalue weighted by Gasteiger charge is 2.08. The zero-order valence-corrected chi connectivity index (χ0v) is 12.5. The molecule has 1 aromatic rings. The molecule has 0 bridgehead atoms. The molecule has 1 heterocycles. The maximum absolute atomic E-state index is 4.49. The molecule has 0 aliphatic rings. The molecule has 1 atom stereocenters. The van der Waals surface area contributed by atoms with Crippen LogP contribution in [0.4, 0.5) is 5.82 Å². The fourth-order valence-electron chi connectivity index (χ4n) is 1.31. The van der Waals surface area contributed by atoms with Gasteiger partial charge in [-0.2, -0.15) is 11.8 Å². The maximum Gasteiger partial charge on any atom is 0.134 e. The van der Waals surface area contributed by atoms with Crippen molar-refractivity contribution in [1.82, 2.24) is 9.97 Å². The molecule has 3 nitrogen and oxygen atoms in total. The predicted molar refractivity (Wildman–Crippen MR) is 75.3 cm³/mol. The smallest absolute Gasteiger partial charge is 0.134 e. The standard InChI is InChI=1S/C11H18BrN3S/c1-7(2)11-14-9(12)5-10(15-11)13-8(3)6-16-4/h5,7-8H,6H2,1-4H3,(H,13,14,15). The number of hydrogen-bond donors (Lipinski definition) is 1. The molecule has 1 rings (SSSR count). The summed E-state index contributed by atoms with van der Waals surface area (Å²) in [5.74, 6) is 3.17. The molecule has 0 amide bonds. The van der Waals surface area contributed by atoms with Crippen LogP contribution in [-0.4, -0.2) is 28.0 Å². The molecule has 1 aromatic heterocycles. The van der Waals surface area contributed by atoms with Crippen molar-refractivity contribution in [3.63, 3.8) is 0 Å². The summed E-state index contributed by atoms with van der Waals surface area (Å²) in [7, 11) is 0. The first-order valence-electron chi connectivity index (χ1n) is 5.33. The summed E-state index contributed by atoms with van der Waals surface area (Å²) in [5.41, 5.74) is 0. The van der Waals surface area contributed by atoms with Gasteiger partial charge in [0.2, 0.25) is 0 Å². The average molecular weight is 304 g/mol. The van der Waals surface area contributed by atoms with E-state index in [0.717, 1.165) is 22.0 Å². The first-order chi connectivity index (χ1) is 7.52. The number of nitrogens with zero attached hydrogens (tertiary/aromatic N) is 2. The van der Waals surface area contributed by atoms with Crippen LogP contribution >= 0.6 is 27.7 Å². The quantitative estimate of drug-likeness (QED) is 0.845. The second-order valence-corrected chi connectivity index (χ2v) is 5.81. The molecule has 0 aromatic carbocycles. The van der Waals surface area contributed by atoms with Crippen molar-refractivity contribution in [2.45, 2.75) is 32.7 Å². The van der Waals surface area contributed by atoms with Gasteiger partial charge in [-0.1, -0.05) is 13.8 Å². The van der Waals surface area contributed by atoms with Gasteiger partial charge in [0, 0.05) is 23.8 Å². The Morgan fingerprint density at radius 1 is 1.38 bits per heavy atom. The van der Waals surface area contributed by atoms with Gasteiger partial charge in [0.15, 0.2) is 0 Å². The minimum atomic E-state index is 0.342. The third kappa shape index (κ3) is 4.29. The van der Waals surface area contributed by atoms with Crippen molar-refractivity contribution in [2.24, 2.45) is 0 Å². The Bertz CT molecular complexity index is 344. The molecule has 0 radical (unpaired) electrons. The fraction of sp³-hybridized carbons (Fsp3) is 0.636. The van der Waals surface area contributed by atoms with Crippen molar-refractivity contribution < 1.29 is 0 Å². The molecule has 1 N–H and O–H groups in total. The number of hydrogen-bond acceptors (Lipinski definition) is 4. The first kappa shape index (κ1) is 13.8. The molecular formula is C11H18BrN3S. The van der Waals surface area contributed by atoms with Crippen LogP contribution in [0.1, 0.15) is 32.5 Å². The predicted octanol–water partition coefficient (Wildman–Crippen LogP) is 3.53. The van der Waals surface area contributed by atoms with Gasteiger partial charge >= 0.3 is 0 Å². The van der Waals surface area contributed by atoms with Crippen LogP contribution in [0.2, 0.25) is 0 Å². The van der Waals surface area contributed by atoms with E-state index in [0.29, 0.717) is 12.0 Å². The lowest BCUT2D eigenvalue weighted by Crippen LogP contribution is -2.19. The van der Waals surface area contributed by atoms with E-state index in [1.807, 2.05) is 17.8 Å². The molecular weight excluding hydrogens is 286 g/mol. The summed E-state index contributed by atoms with van der Waals surface area (Å²) < 4.78 is 0.838. The highest BCUT2D eigenvalue weighted by molar-refractivity contribution is 9.10. The molecule has 0 spiro atoms. The summed E-state index contributed by atoms with van der Waals surface area (Å²) in [6.07, 6.45) is 2.10. The Morgan fingerprint density at radius 3 is 2.62 bits per heavy atom. The summed E-state index contributed by atoms with van der Waals surface area (Å²) in [4.78, 5) is 8.84. The molecule has 0 fully saturated rings. The topological polar surface area (TPSA) is 37.8 Å². The van der Waals surface area contributed by atoms with E-state index in [9.17, 15) is 0 Å². The summed E-state index contributed by atoms with van der Waals surface area (Å²) >= 11 is 5.24. The van der Waals surface area contributed by atoms with E-state index in [2.05, 4.69) is 58.2 Å². The van der Waals surface area contributed by atoms with E-state index in [1.54, 1.807) is 0 Å². The zero-order chi connectivity index (χ0) is 12.1. The van der Waals surface area contributed by atoms with E-state index in [-0.39, 0.29) is 0 Å². The Labute approximate surface area is 110 Å². The summed E-state index contributed by atoms with van der Waals surface area (Å²) in [5, 5.41) is 3.38. The van der Waals surface area contributed by atoms with Crippen LogP contribution in [0.5, 0.6) is 0 Å². The molecule has 0 saturated heterocycles.